The number of rotatable bonds is 5. The lowest BCUT2D eigenvalue weighted by Gasteiger charge is -2.16. The number of benzene rings is 1. The zero-order chi connectivity index (χ0) is 17.8. The Hall–Kier alpha value is -2.63. The van der Waals surface area contributed by atoms with Gasteiger partial charge in [0.1, 0.15) is 17.1 Å². The van der Waals surface area contributed by atoms with Crippen molar-refractivity contribution in [3.63, 3.8) is 0 Å². The standard InChI is InChI=1S/C17H17N3O4S/c1-10-16(15(8-18)25-20-10)19-17(21)11-3-4-13(22-2)14(7-11)24-12-5-6-23-9-12/h3-4,7,12H,5-6,9H2,1-2H3,(H,19,21). The van der Waals surface area contributed by atoms with Gasteiger partial charge >= 0.3 is 0 Å². The van der Waals surface area contributed by atoms with Crippen molar-refractivity contribution in [1.82, 2.24) is 4.37 Å². The molecule has 0 radical (unpaired) electrons. The summed E-state index contributed by atoms with van der Waals surface area (Å²) in [6.45, 7) is 2.93. The van der Waals surface area contributed by atoms with Crippen molar-refractivity contribution in [3.8, 4) is 17.6 Å². The van der Waals surface area contributed by atoms with Gasteiger partial charge in [0.2, 0.25) is 0 Å². The monoisotopic (exact) mass is 359 g/mol. The number of ether oxygens (including phenoxy) is 3. The van der Waals surface area contributed by atoms with E-state index in [0.29, 0.717) is 46.5 Å². The Balaban J connectivity index is 1.82. The number of carbonyl (C=O) groups excluding carboxylic acids is 1. The number of aryl methyl sites for hydroxylation is 1. The second-order valence-corrected chi connectivity index (χ2v) is 6.28. The molecule has 3 rings (SSSR count). The molecular formula is C17H17N3O4S. The van der Waals surface area contributed by atoms with Gasteiger partial charge in [-0.1, -0.05) is 0 Å². The Morgan fingerprint density at radius 3 is 3.00 bits per heavy atom. The highest BCUT2D eigenvalue weighted by Crippen LogP contribution is 2.31. The molecule has 0 saturated carbocycles. The number of aromatic nitrogens is 1. The molecule has 0 bridgehead atoms. The molecule has 1 saturated heterocycles. The second kappa shape index (κ2) is 7.51. The Kier molecular flexibility index (Phi) is 5.16. The average molecular weight is 359 g/mol. The van der Waals surface area contributed by atoms with Crippen LogP contribution in [0.25, 0.3) is 0 Å². The molecule has 1 aliphatic rings. The van der Waals surface area contributed by atoms with E-state index in [2.05, 4.69) is 9.69 Å². The van der Waals surface area contributed by atoms with Crippen LogP contribution >= 0.6 is 11.5 Å². The van der Waals surface area contributed by atoms with Gasteiger partial charge in [0.05, 0.1) is 31.7 Å². The molecule has 1 fully saturated rings. The number of nitriles is 1. The fourth-order valence-corrected chi connectivity index (χ4v) is 3.12. The number of nitrogens with one attached hydrogen (secondary N) is 1. The highest BCUT2D eigenvalue weighted by atomic mass is 32.1. The number of nitrogens with zero attached hydrogens (tertiary/aromatic N) is 2. The topological polar surface area (TPSA) is 93.5 Å². The smallest absolute Gasteiger partial charge is 0.255 e. The highest BCUT2D eigenvalue weighted by molar-refractivity contribution is 7.07. The molecule has 1 aromatic carbocycles. The van der Waals surface area contributed by atoms with Crippen LogP contribution < -0.4 is 14.8 Å². The third kappa shape index (κ3) is 3.73. The van der Waals surface area contributed by atoms with Crippen LogP contribution in [0.4, 0.5) is 5.69 Å². The zero-order valence-electron chi connectivity index (χ0n) is 13.9. The SMILES string of the molecule is COc1ccc(C(=O)Nc2c(C)nsc2C#N)cc1OC1CCOC1. The van der Waals surface area contributed by atoms with E-state index in [4.69, 9.17) is 19.5 Å². The van der Waals surface area contributed by atoms with Gasteiger partial charge in [0.25, 0.3) is 5.91 Å². The van der Waals surface area contributed by atoms with Gasteiger partial charge in [0.15, 0.2) is 11.5 Å². The molecule has 1 N–H and O–H groups in total. The summed E-state index contributed by atoms with van der Waals surface area (Å²) in [4.78, 5) is 12.9. The molecular weight excluding hydrogens is 342 g/mol. The molecule has 1 aromatic heterocycles. The summed E-state index contributed by atoms with van der Waals surface area (Å²) in [5, 5.41) is 11.9. The summed E-state index contributed by atoms with van der Waals surface area (Å²) in [5.41, 5.74) is 1.46. The number of hydrogen-bond donors (Lipinski definition) is 1. The fourth-order valence-electron chi connectivity index (χ4n) is 2.47. The molecule has 25 heavy (non-hydrogen) atoms. The van der Waals surface area contributed by atoms with Crippen molar-refractivity contribution in [2.45, 2.75) is 19.4 Å². The number of anilines is 1. The van der Waals surface area contributed by atoms with E-state index >= 15 is 0 Å². The van der Waals surface area contributed by atoms with Crippen molar-refractivity contribution in [2.75, 3.05) is 25.6 Å². The van der Waals surface area contributed by atoms with Crippen LogP contribution in [0.2, 0.25) is 0 Å². The lowest BCUT2D eigenvalue weighted by Crippen LogP contribution is -2.17. The maximum atomic E-state index is 12.6. The van der Waals surface area contributed by atoms with Crippen LogP contribution in [0.3, 0.4) is 0 Å². The minimum absolute atomic E-state index is 0.0549. The number of methoxy groups -OCH3 is 1. The minimum atomic E-state index is -0.338. The van der Waals surface area contributed by atoms with Gasteiger partial charge in [0, 0.05) is 12.0 Å². The van der Waals surface area contributed by atoms with E-state index in [9.17, 15) is 4.79 Å². The van der Waals surface area contributed by atoms with Gasteiger partial charge in [-0.3, -0.25) is 4.79 Å². The van der Waals surface area contributed by atoms with Gasteiger partial charge in [-0.15, -0.1) is 0 Å². The zero-order valence-corrected chi connectivity index (χ0v) is 14.7. The summed E-state index contributed by atoms with van der Waals surface area (Å²) in [6, 6.07) is 7.00. The third-order valence-electron chi connectivity index (χ3n) is 3.81. The molecule has 130 valence electrons. The molecule has 2 heterocycles. The van der Waals surface area contributed by atoms with E-state index in [1.54, 1.807) is 32.2 Å². The van der Waals surface area contributed by atoms with Crippen molar-refractivity contribution in [3.05, 3.63) is 34.3 Å². The minimum Gasteiger partial charge on any atom is -0.493 e. The Labute approximate surface area is 149 Å². The Bertz CT molecular complexity index is 822. The molecule has 0 aliphatic carbocycles. The highest BCUT2D eigenvalue weighted by Gasteiger charge is 2.21. The molecule has 7 nitrogen and oxygen atoms in total. The maximum absolute atomic E-state index is 12.6. The van der Waals surface area contributed by atoms with E-state index in [1.165, 1.54) is 0 Å². The predicted molar refractivity (Wildman–Crippen MR) is 92.4 cm³/mol. The Morgan fingerprint density at radius 2 is 2.32 bits per heavy atom. The number of hydrogen-bond acceptors (Lipinski definition) is 7. The first-order valence-corrected chi connectivity index (χ1v) is 8.50. The first-order valence-electron chi connectivity index (χ1n) is 7.72. The first-order chi connectivity index (χ1) is 12.1. The molecule has 2 aromatic rings. The molecule has 1 atom stereocenters. The maximum Gasteiger partial charge on any atom is 0.255 e. The fraction of sp³-hybridized carbons (Fsp3) is 0.353. The number of carbonyl (C=O) groups is 1. The molecule has 0 spiro atoms. The van der Waals surface area contributed by atoms with Gasteiger partial charge in [-0.05, 0) is 36.7 Å². The van der Waals surface area contributed by atoms with E-state index < -0.39 is 0 Å². The van der Waals surface area contributed by atoms with Crippen LogP contribution in [0.1, 0.15) is 27.3 Å². The molecule has 1 unspecified atom stereocenters. The third-order valence-corrected chi connectivity index (χ3v) is 4.65. The van der Waals surface area contributed by atoms with Gasteiger partial charge in [-0.2, -0.15) is 9.64 Å². The van der Waals surface area contributed by atoms with Crippen molar-refractivity contribution in [2.24, 2.45) is 0 Å². The Morgan fingerprint density at radius 1 is 1.48 bits per heavy atom. The molecule has 8 heteroatoms. The van der Waals surface area contributed by atoms with Gasteiger partial charge < -0.3 is 19.5 Å². The lowest BCUT2D eigenvalue weighted by molar-refractivity contribution is 0.102. The van der Waals surface area contributed by atoms with Crippen LogP contribution in [-0.2, 0) is 4.74 Å². The lowest BCUT2D eigenvalue weighted by atomic mass is 10.1. The average Bonchev–Trinajstić information content (AvgIpc) is 3.25. The van der Waals surface area contributed by atoms with Gasteiger partial charge in [-0.25, -0.2) is 0 Å². The molecule has 1 amide bonds. The first kappa shape index (κ1) is 17.2. The van der Waals surface area contributed by atoms with E-state index in [-0.39, 0.29) is 12.0 Å². The second-order valence-electron chi connectivity index (χ2n) is 5.51. The number of amides is 1. The summed E-state index contributed by atoms with van der Waals surface area (Å²) in [6.07, 6.45) is 0.742. The summed E-state index contributed by atoms with van der Waals surface area (Å²) in [5.74, 6) is 0.704. The van der Waals surface area contributed by atoms with Crippen LogP contribution in [0.5, 0.6) is 11.5 Å². The van der Waals surface area contributed by atoms with E-state index in [0.717, 1.165) is 18.0 Å². The summed E-state index contributed by atoms with van der Waals surface area (Å²) >= 11 is 1.06. The molecule has 1 aliphatic heterocycles. The van der Waals surface area contributed by atoms with Crippen molar-refractivity contribution in [1.29, 1.82) is 5.26 Å². The van der Waals surface area contributed by atoms with Crippen molar-refractivity contribution >= 4 is 23.1 Å². The normalized spacial score (nSPS) is 16.3. The van der Waals surface area contributed by atoms with Crippen molar-refractivity contribution < 1.29 is 19.0 Å². The van der Waals surface area contributed by atoms with Crippen LogP contribution in [0.15, 0.2) is 18.2 Å². The predicted octanol–water partition coefficient (Wildman–Crippen LogP) is 2.75. The largest absolute Gasteiger partial charge is 0.493 e. The van der Waals surface area contributed by atoms with Crippen LogP contribution in [0, 0.1) is 18.3 Å². The summed E-state index contributed by atoms with van der Waals surface area (Å²) < 4.78 is 20.6. The van der Waals surface area contributed by atoms with E-state index in [1.807, 2.05) is 6.07 Å². The van der Waals surface area contributed by atoms with Crippen LogP contribution in [-0.4, -0.2) is 36.7 Å². The summed E-state index contributed by atoms with van der Waals surface area (Å²) in [7, 11) is 1.55. The quantitative estimate of drug-likeness (QED) is 0.882.